The van der Waals surface area contributed by atoms with Crippen molar-refractivity contribution in [3.63, 3.8) is 0 Å². The maximum absolute atomic E-state index is 12.2. The number of nitrogens with two attached hydrogens (primary N) is 1. The Morgan fingerprint density at radius 1 is 1.12 bits per heavy atom. The highest BCUT2D eigenvalue weighted by Crippen LogP contribution is 2.15. The number of nitrogens with zero attached hydrogens (tertiary/aromatic N) is 2. The molecule has 0 saturated carbocycles. The molecule has 2 heterocycles. The van der Waals surface area contributed by atoms with Crippen molar-refractivity contribution < 1.29 is 4.79 Å². The number of amides is 1. The van der Waals surface area contributed by atoms with Crippen molar-refractivity contribution >= 4 is 27.8 Å². The molecule has 4 aromatic rings. The van der Waals surface area contributed by atoms with E-state index in [1.165, 1.54) is 4.57 Å². The third kappa shape index (κ3) is 2.67. The van der Waals surface area contributed by atoms with Gasteiger partial charge in [0.2, 0.25) is 5.91 Å². The summed E-state index contributed by atoms with van der Waals surface area (Å²) in [7, 11) is 0. The second kappa shape index (κ2) is 5.99. The topological polar surface area (TPSA) is 127 Å². The van der Waals surface area contributed by atoms with Gasteiger partial charge in [-0.25, -0.2) is 9.78 Å². The quantitative estimate of drug-likeness (QED) is 0.506. The highest BCUT2D eigenvalue weighted by Gasteiger charge is 2.10. The number of hydrogen-bond donors (Lipinski definition) is 3. The van der Waals surface area contributed by atoms with Crippen molar-refractivity contribution in [3.8, 4) is 0 Å². The average Bonchev–Trinajstić information content (AvgIpc) is 3.03. The summed E-state index contributed by atoms with van der Waals surface area (Å²) in [6.45, 7) is 0.346. The van der Waals surface area contributed by atoms with E-state index in [-0.39, 0.29) is 0 Å². The predicted octanol–water partition coefficient (Wildman–Crippen LogP) is 0.908. The zero-order valence-electron chi connectivity index (χ0n) is 13.7. The number of aryl methyl sites for hydroxylation is 2. The summed E-state index contributed by atoms with van der Waals surface area (Å²) in [4.78, 5) is 45.3. The second-order valence-corrected chi connectivity index (χ2v) is 5.96. The summed E-state index contributed by atoms with van der Waals surface area (Å²) >= 11 is 0. The lowest BCUT2D eigenvalue weighted by atomic mass is 10.2. The van der Waals surface area contributed by atoms with Crippen LogP contribution in [-0.2, 0) is 13.0 Å². The molecule has 0 saturated heterocycles. The number of hydrogen-bond acceptors (Lipinski definition) is 4. The Balaban J connectivity index is 1.69. The van der Waals surface area contributed by atoms with Crippen LogP contribution in [0.2, 0.25) is 0 Å². The van der Waals surface area contributed by atoms with E-state index in [9.17, 15) is 14.4 Å². The van der Waals surface area contributed by atoms with E-state index in [1.54, 1.807) is 42.5 Å². The summed E-state index contributed by atoms with van der Waals surface area (Å²) < 4.78 is 1.51. The number of nitrogens with one attached hydrogen (secondary N) is 2. The smallest absolute Gasteiger partial charge is 0.328 e. The van der Waals surface area contributed by atoms with Gasteiger partial charge >= 0.3 is 5.69 Å². The van der Waals surface area contributed by atoms with E-state index >= 15 is 0 Å². The third-order valence-electron chi connectivity index (χ3n) is 4.29. The Hall–Kier alpha value is -3.68. The first-order valence-electron chi connectivity index (χ1n) is 8.03. The molecule has 0 atom stereocenters. The molecule has 0 unspecified atom stereocenters. The number of primary amides is 1. The van der Waals surface area contributed by atoms with Crippen LogP contribution in [0.1, 0.15) is 16.2 Å². The van der Waals surface area contributed by atoms with E-state index in [1.807, 2.05) is 0 Å². The standard InChI is InChI=1S/C18H15N5O3/c19-16(24)10-5-6-12-13(9-10)21-15(20-12)7-8-23-14-4-2-1-3-11(14)17(25)22-18(23)26/h1-6,9H,7-8H2,(H2,19,24)(H,20,21)(H,22,25,26). The number of para-hydroxylation sites is 1. The first-order chi connectivity index (χ1) is 12.5. The molecule has 2 aromatic heterocycles. The SMILES string of the molecule is NC(=O)c1ccc2nc(CCn3c(=O)[nH]c(=O)c4ccccc43)[nH]c2c1. The molecule has 130 valence electrons. The molecular weight excluding hydrogens is 334 g/mol. The lowest BCUT2D eigenvalue weighted by molar-refractivity contribution is 0.100. The molecule has 2 aromatic carbocycles. The van der Waals surface area contributed by atoms with Gasteiger partial charge in [-0.05, 0) is 30.3 Å². The Morgan fingerprint density at radius 2 is 1.92 bits per heavy atom. The Labute approximate surface area is 146 Å². The van der Waals surface area contributed by atoms with Crippen molar-refractivity contribution in [1.29, 1.82) is 0 Å². The van der Waals surface area contributed by atoms with E-state index in [4.69, 9.17) is 5.73 Å². The van der Waals surface area contributed by atoms with Crippen molar-refractivity contribution in [2.24, 2.45) is 5.73 Å². The number of aromatic nitrogens is 4. The minimum Gasteiger partial charge on any atom is -0.366 e. The lowest BCUT2D eigenvalue weighted by Gasteiger charge is -2.08. The van der Waals surface area contributed by atoms with Gasteiger partial charge in [0.1, 0.15) is 5.82 Å². The Bertz CT molecular complexity index is 1270. The minimum absolute atomic E-state index is 0.346. The first-order valence-corrected chi connectivity index (χ1v) is 8.03. The van der Waals surface area contributed by atoms with Gasteiger partial charge in [0.05, 0.1) is 21.9 Å². The average molecular weight is 349 g/mol. The summed E-state index contributed by atoms with van der Waals surface area (Å²) in [6.07, 6.45) is 0.455. The van der Waals surface area contributed by atoms with Crippen molar-refractivity contribution in [3.05, 3.63) is 74.7 Å². The monoisotopic (exact) mass is 349 g/mol. The molecule has 26 heavy (non-hydrogen) atoms. The molecule has 0 aliphatic carbocycles. The molecule has 8 heteroatoms. The van der Waals surface area contributed by atoms with Crippen LogP contribution in [0.15, 0.2) is 52.1 Å². The summed E-state index contributed by atoms with van der Waals surface area (Å²) in [6, 6.07) is 11.9. The van der Waals surface area contributed by atoms with Crippen molar-refractivity contribution in [1.82, 2.24) is 19.5 Å². The van der Waals surface area contributed by atoms with Gasteiger partial charge in [-0.3, -0.25) is 19.1 Å². The van der Waals surface area contributed by atoms with Crippen molar-refractivity contribution in [2.75, 3.05) is 0 Å². The number of carbonyl (C=O) groups excluding carboxylic acids is 1. The van der Waals surface area contributed by atoms with E-state index in [0.29, 0.717) is 46.3 Å². The number of rotatable bonds is 4. The maximum Gasteiger partial charge on any atom is 0.328 e. The fraction of sp³-hybridized carbons (Fsp3) is 0.111. The Kier molecular flexibility index (Phi) is 3.65. The number of fused-ring (bicyclic) bond motifs is 2. The zero-order chi connectivity index (χ0) is 18.3. The fourth-order valence-electron chi connectivity index (χ4n) is 3.02. The van der Waals surface area contributed by atoms with Gasteiger partial charge in [-0.15, -0.1) is 0 Å². The molecule has 0 radical (unpaired) electrons. The van der Waals surface area contributed by atoms with Gasteiger partial charge < -0.3 is 10.7 Å². The molecule has 4 rings (SSSR count). The van der Waals surface area contributed by atoms with Crippen LogP contribution in [0, 0.1) is 0 Å². The molecule has 0 bridgehead atoms. The highest BCUT2D eigenvalue weighted by molar-refractivity contribution is 5.96. The van der Waals surface area contributed by atoms with E-state index in [0.717, 1.165) is 0 Å². The zero-order valence-corrected chi connectivity index (χ0v) is 13.7. The molecule has 1 amide bonds. The van der Waals surface area contributed by atoms with Crippen LogP contribution >= 0.6 is 0 Å². The van der Waals surface area contributed by atoms with Crippen LogP contribution < -0.4 is 17.0 Å². The Morgan fingerprint density at radius 3 is 2.73 bits per heavy atom. The van der Waals surface area contributed by atoms with Crippen LogP contribution in [0.25, 0.3) is 21.9 Å². The third-order valence-corrected chi connectivity index (χ3v) is 4.29. The van der Waals surface area contributed by atoms with Gasteiger partial charge in [0, 0.05) is 18.5 Å². The predicted molar refractivity (Wildman–Crippen MR) is 97.1 cm³/mol. The number of benzene rings is 2. The summed E-state index contributed by atoms with van der Waals surface area (Å²) in [5.41, 5.74) is 6.82. The summed E-state index contributed by atoms with van der Waals surface area (Å²) in [5.74, 6) is 0.165. The maximum atomic E-state index is 12.2. The first kappa shape index (κ1) is 15.8. The van der Waals surface area contributed by atoms with E-state index < -0.39 is 17.2 Å². The largest absolute Gasteiger partial charge is 0.366 e. The van der Waals surface area contributed by atoms with Crippen LogP contribution in [0.4, 0.5) is 0 Å². The molecule has 0 aliphatic rings. The van der Waals surface area contributed by atoms with Gasteiger partial charge in [-0.2, -0.15) is 0 Å². The highest BCUT2D eigenvalue weighted by atomic mass is 16.2. The lowest BCUT2D eigenvalue weighted by Crippen LogP contribution is -2.30. The minimum atomic E-state index is -0.505. The molecule has 0 fully saturated rings. The van der Waals surface area contributed by atoms with Crippen LogP contribution in [-0.4, -0.2) is 25.4 Å². The molecule has 4 N–H and O–H groups in total. The van der Waals surface area contributed by atoms with E-state index in [2.05, 4.69) is 15.0 Å². The van der Waals surface area contributed by atoms with Gasteiger partial charge in [0.25, 0.3) is 5.56 Å². The molecule has 0 aliphatic heterocycles. The van der Waals surface area contributed by atoms with Gasteiger partial charge in [-0.1, -0.05) is 12.1 Å². The van der Waals surface area contributed by atoms with Gasteiger partial charge in [0.15, 0.2) is 0 Å². The molecular formula is C18H15N5O3. The number of imidazole rings is 1. The van der Waals surface area contributed by atoms with Crippen LogP contribution in [0.5, 0.6) is 0 Å². The second-order valence-electron chi connectivity index (χ2n) is 5.96. The normalized spacial score (nSPS) is 11.2. The molecule has 0 spiro atoms. The fourth-order valence-corrected chi connectivity index (χ4v) is 3.02. The summed E-state index contributed by atoms with van der Waals surface area (Å²) in [5, 5.41) is 0.461. The number of H-pyrrole nitrogens is 2. The van der Waals surface area contributed by atoms with Crippen molar-refractivity contribution in [2.45, 2.75) is 13.0 Å². The van der Waals surface area contributed by atoms with Crippen LogP contribution in [0.3, 0.4) is 0 Å². The molecule has 8 nitrogen and oxygen atoms in total. The number of aromatic amines is 2. The number of carbonyl (C=O) groups is 1.